The number of carbonyl (C=O) groups excluding carboxylic acids is 1. The molecule has 1 aromatic carbocycles. The van der Waals surface area contributed by atoms with Crippen LogP contribution in [0.15, 0.2) is 22.7 Å². The lowest BCUT2D eigenvalue weighted by Crippen LogP contribution is -2.43. The van der Waals surface area contributed by atoms with Crippen molar-refractivity contribution in [2.75, 3.05) is 11.9 Å². The van der Waals surface area contributed by atoms with Gasteiger partial charge in [-0.25, -0.2) is 9.59 Å². The molecule has 0 heterocycles. The third-order valence-electron chi connectivity index (χ3n) is 2.39. The standard InChI is InChI=1S/C12H15BrN2O4/c1-7-2-3-8(13)10(6-7)15-12(19)14-9(4-5-16)11(17)18/h2-3,6,9,16H,4-5H2,1H3,(H,17,18)(H2,14,15,19)/t9-/m1/s1. The maximum absolute atomic E-state index is 11.7. The minimum absolute atomic E-state index is 0.0439. The molecule has 6 nitrogen and oxygen atoms in total. The SMILES string of the molecule is Cc1ccc(Br)c(NC(=O)N[C@H](CCO)C(=O)O)c1. The summed E-state index contributed by atoms with van der Waals surface area (Å²) in [6.45, 7) is 1.56. The number of nitrogens with one attached hydrogen (secondary N) is 2. The average Bonchev–Trinajstić information content (AvgIpc) is 2.33. The van der Waals surface area contributed by atoms with Gasteiger partial charge < -0.3 is 20.8 Å². The first-order valence-corrected chi connectivity index (χ1v) is 6.40. The third-order valence-corrected chi connectivity index (χ3v) is 3.08. The number of anilines is 1. The molecule has 0 aromatic heterocycles. The molecule has 19 heavy (non-hydrogen) atoms. The van der Waals surface area contributed by atoms with Gasteiger partial charge in [-0.05, 0) is 40.5 Å². The normalized spacial score (nSPS) is 11.7. The van der Waals surface area contributed by atoms with Crippen LogP contribution in [0.2, 0.25) is 0 Å². The van der Waals surface area contributed by atoms with Gasteiger partial charge in [0.25, 0.3) is 0 Å². The zero-order valence-electron chi connectivity index (χ0n) is 10.3. The van der Waals surface area contributed by atoms with E-state index in [4.69, 9.17) is 10.2 Å². The monoisotopic (exact) mass is 330 g/mol. The van der Waals surface area contributed by atoms with E-state index < -0.39 is 18.0 Å². The molecule has 0 saturated heterocycles. The second kappa shape index (κ2) is 7.10. The number of aliphatic carboxylic acids is 1. The zero-order chi connectivity index (χ0) is 14.4. The molecule has 4 N–H and O–H groups in total. The molecule has 0 aliphatic heterocycles. The van der Waals surface area contributed by atoms with Crippen LogP contribution >= 0.6 is 15.9 Å². The molecule has 7 heteroatoms. The number of halogens is 1. The summed E-state index contributed by atoms with van der Waals surface area (Å²) in [4.78, 5) is 22.5. The number of aliphatic hydroxyl groups excluding tert-OH is 1. The summed E-state index contributed by atoms with van der Waals surface area (Å²) in [7, 11) is 0. The number of aryl methyl sites for hydroxylation is 1. The van der Waals surface area contributed by atoms with E-state index in [-0.39, 0.29) is 13.0 Å². The molecule has 0 bridgehead atoms. The highest BCUT2D eigenvalue weighted by Crippen LogP contribution is 2.23. The van der Waals surface area contributed by atoms with E-state index in [2.05, 4.69) is 26.6 Å². The van der Waals surface area contributed by atoms with E-state index in [0.29, 0.717) is 10.2 Å². The van der Waals surface area contributed by atoms with Crippen molar-refractivity contribution >= 4 is 33.6 Å². The highest BCUT2D eigenvalue weighted by molar-refractivity contribution is 9.10. The number of hydrogen-bond acceptors (Lipinski definition) is 3. The summed E-state index contributed by atoms with van der Waals surface area (Å²) in [6, 6.07) is 3.67. The third kappa shape index (κ3) is 4.88. The number of carbonyl (C=O) groups is 2. The predicted octanol–water partition coefficient (Wildman–Crippen LogP) is 1.71. The molecule has 0 saturated carbocycles. The Hall–Kier alpha value is -1.60. The van der Waals surface area contributed by atoms with Crippen LogP contribution in [0.4, 0.5) is 10.5 Å². The van der Waals surface area contributed by atoms with Crippen molar-refractivity contribution in [2.24, 2.45) is 0 Å². The zero-order valence-corrected chi connectivity index (χ0v) is 11.9. The van der Waals surface area contributed by atoms with Crippen molar-refractivity contribution in [1.82, 2.24) is 5.32 Å². The molecule has 104 valence electrons. The Morgan fingerprint density at radius 3 is 2.68 bits per heavy atom. The molecular weight excluding hydrogens is 316 g/mol. The van der Waals surface area contributed by atoms with Crippen molar-refractivity contribution < 1.29 is 19.8 Å². The highest BCUT2D eigenvalue weighted by atomic mass is 79.9. The first-order chi connectivity index (χ1) is 8.93. The van der Waals surface area contributed by atoms with Crippen LogP contribution < -0.4 is 10.6 Å². The van der Waals surface area contributed by atoms with Crippen LogP contribution in [0.5, 0.6) is 0 Å². The molecule has 0 spiro atoms. The lowest BCUT2D eigenvalue weighted by Gasteiger charge is -2.14. The van der Waals surface area contributed by atoms with E-state index in [1.165, 1.54) is 0 Å². The van der Waals surface area contributed by atoms with E-state index in [9.17, 15) is 9.59 Å². The van der Waals surface area contributed by atoms with Crippen molar-refractivity contribution in [1.29, 1.82) is 0 Å². The summed E-state index contributed by atoms with van der Waals surface area (Å²) < 4.78 is 0.697. The first kappa shape index (κ1) is 15.5. The topological polar surface area (TPSA) is 98.7 Å². The van der Waals surface area contributed by atoms with Gasteiger partial charge in [0, 0.05) is 17.5 Å². The number of carboxylic acids is 1. The molecule has 1 atom stereocenters. The number of amides is 2. The number of rotatable bonds is 5. The summed E-state index contributed by atoms with van der Waals surface area (Å²) >= 11 is 3.29. The van der Waals surface area contributed by atoms with Crippen molar-refractivity contribution in [3.63, 3.8) is 0 Å². The van der Waals surface area contributed by atoms with Crippen LogP contribution in [-0.4, -0.2) is 34.9 Å². The maximum atomic E-state index is 11.7. The minimum atomic E-state index is -1.19. The fraction of sp³-hybridized carbons (Fsp3) is 0.333. The Labute approximate surface area is 118 Å². The van der Waals surface area contributed by atoms with Gasteiger partial charge in [-0.1, -0.05) is 6.07 Å². The number of urea groups is 1. The lowest BCUT2D eigenvalue weighted by molar-refractivity contribution is -0.139. The molecule has 1 rings (SSSR count). The van der Waals surface area contributed by atoms with E-state index in [1.54, 1.807) is 12.1 Å². The van der Waals surface area contributed by atoms with E-state index >= 15 is 0 Å². The fourth-order valence-corrected chi connectivity index (χ4v) is 1.78. The highest BCUT2D eigenvalue weighted by Gasteiger charge is 2.19. The van der Waals surface area contributed by atoms with Crippen molar-refractivity contribution in [3.05, 3.63) is 28.2 Å². The lowest BCUT2D eigenvalue weighted by atomic mass is 10.2. The first-order valence-electron chi connectivity index (χ1n) is 5.61. The van der Waals surface area contributed by atoms with Crippen LogP contribution in [-0.2, 0) is 4.79 Å². The largest absolute Gasteiger partial charge is 0.480 e. The van der Waals surface area contributed by atoms with Crippen LogP contribution in [0, 0.1) is 6.92 Å². The molecule has 2 amide bonds. The van der Waals surface area contributed by atoms with E-state index in [0.717, 1.165) is 5.56 Å². The van der Waals surface area contributed by atoms with Crippen LogP contribution in [0.25, 0.3) is 0 Å². The second-order valence-corrected chi connectivity index (χ2v) is 4.84. The Morgan fingerprint density at radius 1 is 1.42 bits per heavy atom. The number of carboxylic acid groups (broad SMARTS) is 1. The van der Waals surface area contributed by atoms with Gasteiger partial charge >= 0.3 is 12.0 Å². The molecule has 0 aliphatic carbocycles. The predicted molar refractivity (Wildman–Crippen MR) is 74.2 cm³/mol. The second-order valence-electron chi connectivity index (χ2n) is 3.98. The Kier molecular flexibility index (Phi) is 5.78. The summed E-state index contributed by atoms with van der Waals surface area (Å²) in [5, 5.41) is 22.4. The van der Waals surface area contributed by atoms with Gasteiger partial charge in [-0.15, -0.1) is 0 Å². The Morgan fingerprint density at radius 2 is 2.11 bits per heavy atom. The smallest absolute Gasteiger partial charge is 0.326 e. The number of hydrogen-bond donors (Lipinski definition) is 4. The van der Waals surface area contributed by atoms with Gasteiger partial charge in [0.2, 0.25) is 0 Å². The number of benzene rings is 1. The summed E-state index contributed by atoms with van der Waals surface area (Å²) in [5.74, 6) is -1.19. The molecule has 1 aromatic rings. The molecule has 0 fully saturated rings. The van der Waals surface area contributed by atoms with Crippen molar-refractivity contribution in [2.45, 2.75) is 19.4 Å². The molecular formula is C12H15BrN2O4. The van der Waals surface area contributed by atoms with Gasteiger partial charge in [0.1, 0.15) is 6.04 Å². The quantitative estimate of drug-likeness (QED) is 0.660. The minimum Gasteiger partial charge on any atom is -0.480 e. The van der Waals surface area contributed by atoms with Gasteiger partial charge in [-0.2, -0.15) is 0 Å². The fourth-order valence-electron chi connectivity index (χ4n) is 1.44. The Balaban J connectivity index is 2.68. The van der Waals surface area contributed by atoms with Crippen LogP contribution in [0.3, 0.4) is 0 Å². The number of aliphatic hydroxyl groups is 1. The Bertz CT molecular complexity index is 479. The average molecular weight is 331 g/mol. The van der Waals surface area contributed by atoms with Crippen molar-refractivity contribution in [3.8, 4) is 0 Å². The molecule has 0 unspecified atom stereocenters. The summed E-state index contributed by atoms with van der Waals surface area (Å²) in [5.41, 5.74) is 1.51. The van der Waals surface area contributed by atoms with Crippen LogP contribution in [0.1, 0.15) is 12.0 Å². The van der Waals surface area contributed by atoms with Gasteiger partial charge in [0.15, 0.2) is 0 Å². The summed E-state index contributed by atoms with van der Waals surface area (Å²) in [6.07, 6.45) is -0.0439. The van der Waals surface area contributed by atoms with Gasteiger partial charge in [0.05, 0.1) is 5.69 Å². The maximum Gasteiger partial charge on any atom is 0.326 e. The molecule has 0 radical (unpaired) electrons. The molecule has 0 aliphatic rings. The van der Waals surface area contributed by atoms with Gasteiger partial charge in [-0.3, -0.25) is 0 Å². The van der Waals surface area contributed by atoms with E-state index in [1.807, 2.05) is 13.0 Å².